The number of rotatable bonds is 2. The van der Waals surface area contributed by atoms with Crippen LogP contribution in [-0.4, -0.2) is 27.7 Å². The molecule has 0 saturated carbocycles. The molecule has 2 aliphatic heterocycles. The van der Waals surface area contributed by atoms with Crippen molar-refractivity contribution in [3.8, 4) is 0 Å². The Kier molecular flexibility index (Phi) is 4.23. The molecule has 1 aromatic rings. The molecule has 0 aliphatic carbocycles. The highest BCUT2D eigenvalue weighted by atomic mass is 32.2. The number of thiocarbonyl (C=S) groups is 1. The van der Waals surface area contributed by atoms with E-state index in [1.807, 2.05) is 43.3 Å². The van der Waals surface area contributed by atoms with Gasteiger partial charge in [0.15, 0.2) is 4.32 Å². The van der Waals surface area contributed by atoms with Gasteiger partial charge < -0.3 is 4.90 Å². The molecule has 2 heterocycles. The van der Waals surface area contributed by atoms with Crippen molar-refractivity contribution >= 4 is 51.9 Å². The Morgan fingerprint density at radius 1 is 1.30 bits per heavy atom. The third kappa shape index (κ3) is 2.77. The van der Waals surface area contributed by atoms with E-state index in [4.69, 9.17) is 12.2 Å². The maximum Gasteiger partial charge on any atom is 0.287 e. The van der Waals surface area contributed by atoms with Crippen molar-refractivity contribution in [1.29, 1.82) is 0 Å². The lowest BCUT2D eigenvalue weighted by Crippen LogP contribution is -2.44. The zero-order valence-electron chi connectivity index (χ0n) is 12.7. The summed E-state index contributed by atoms with van der Waals surface area (Å²) in [6, 6.07) is 8.02. The monoisotopic (exact) mass is 345 g/mol. The summed E-state index contributed by atoms with van der Waals surface area (Å²) in [6.07, 6.45) is 3.91. The molecule has 5 nitrogen and oxygen atoms in total. The fourth-order valence-corrected chi connectivity index (χ4v) is 3.81. The lowest BCUT2D eigenvalue weighted by molar-refractivity contribution is -0.132. The fraction of sp³-hybridized carbons (Fsp3) is 0.188. The van der Waals surface area contributed by atoms with Crippen LogP contribution in [0.2, 0.25) is 0 Å². The Hall–Kier alpha value is -2.12. The minimum atomic E-state index is -0.329. The van der Waals surface area contributed by atoms with Crippen molar-refractivity contribution in [2.75, 3.05) is 11.4 Å². The number of hydrazine groups is 1. The van der Waals surface area contributed by atoms with Crippen molar-refractivity contribution in [2.24, 2.45) is 0 Å². The number of hydrogen-bond acceptors (Lipinski definition) is 5. The van der Waals surface area contributed by atoms with E-state index < -0.39 is 0 Å². The zero-order valence-corrected chi connectivity index (χ0v) is 14.3. The number of likely N-dealkylation sites (N-methyl/N-ethyl adjacent to an activating group) is 1. The first-order chi connectivity index (χ1) is 11.0. The fourth-order valence-electron chi connectivity index (χ4n) is 2.58. The summed E-state index contributed by atoms with van der Waals surface area (Å²) in [7, 11) is 0. The topological polar surface area (TPSA) is 52.6 Å². The number of fused-ring (bicyclic) bond motifs is 1. The molecule has 0 unspecified atom stereocenters. The molecule has 0 atom stereocenters. The Labute approximate surface area is 144 Å². The summed E-state index contributed by atoms with van der Waals surface area (Å²) < 4.78 is 0.330. The van der Waals surface area contributed by atoms with E-state index in [1.165, 1.54) is 18.7 Å². The first kappa shape index (κ1) is 15.8. The van der Waals surface area contributed by atoms with E-state index in [0.717, 1.165) is 28.5 Å². The van der Waals surface area contributed by atoms with Crippen molar-refractivity contribution in [3.05, 3.63) is 46.5 Å². The Morgan fingerprint density at radius 3 is 2.74 bits per heavy atom. The van der Waals surface area contributed by atoms with Crippen LogP contribution < -0.4 is 10.3 Å². The number of thioether (sulfide) groups is 1. The third-order valence-corrected chi connectivity index (χ3v) is 4.90. The molecule has 1 aromatic carbocycles. The van der Waals surface area contributed by atoms with E-state index >= 15 is 0 Å². The summed E-state index contributed by atoms with van der Waals surface area (Å²) in [5.41, 5.74) is 5.43. The molecule has 7 heteroatoms. The molecule has 23 heavy (non-hydrogen) atoms. The molecule has 0 spiro atoms. The molecule has 3 rings (SSSR count). The summed E-state index contributed by atoms with van der Waals surface area (Å²) in [4.78, 5) is 26.5. The van der Waals surface area contributed by atoms with Crippen molar-refractivity contribution in [2.45, 2.75) is 13.8 Å². The maximum absolute atomic E-state index is 12.6. The van der Waals surface area contributed by atoms with Gasteiger partial charge in [0.25, 0.3) is 5.91 Å². The highest BCUT2D eigenvalue weighted by molar-refractivity contribution is 8.26. The third-order valence-electron chi connectivity index (χ3n) is 3.53. The van der Waals surface area contributed by atoms with Gasteiger partial charge in [0.1, 0.15) is 4.91 Å². The minimum Gasteiger partial charge on any atom is -0.340 e. The zero-order chi connectivity index (χ0) is 16.6. The Bertz CT molecular complexity index is 770. The number of benzene rings is 1. The van der Waals surface area contributed by atoms with Crippen LogP contribution in [-0.2, 0) is 9.59 Å². The van der Waals surface area contributed by atoms with Gasteiger partial charge in [0.2, 0.25) is 5.91 Å². The molecule has 1 fully saturated rings. The normalized spacial score (nSPS) is 20.1. The SMILES string of the molecule is CCN1/C(=C2\SC(=S)N(NC(C)=O)C2=O)C=Cc2ccccc21. The highest BCUT2D eigenvalue weighted by Gasteiger charge is 2.37. The lowest BCUT2D eigenvalue weighted by atomic mass is 10.1. The first-order valence-corrected chi connectivity index (χ1v) is 8.37. The van der Waals surface area contributed by atoms with Gasteiger partial charge in [-0.05, 0) is 36.8 Å². The number of allylic oxidation sites excluding steroid dienone is 1. The van der Waals surface area contributed by atoms with Gasteiger partial charge >= 0.3 is 0 Å². The van der Waals surface area contributed by atoms with Crippen LogP contribution in [0.5, 0.6) is 0 Å². The van der Waals surface area contributed by atoms with Gasteiger partial charge in [0.05, 0.1) is 5.70 Å². The summed E-state index contributed by atoms with van der Waals surface area (Å²) >= 11 is 6.42. The molecular weight excluding hydrogens is 330 g/mol. The summed E-state index contributed by atoms with van der Waals surface area (Å²) in [5, 5.41) is 1.13. The summed E-state index contributed by atoms with van der Waals surface area (Å²) in [6.45, 7) is 4.10. The second kappa shape index (κ2) is 6.17. The van der Waals surface area contributed by atoms with Crippen LogP contribution in [0.15, 0.2) is 40.9 Å². The van der Waals surface area contributed by atoms with Gasteiger partial charge in [-0.25, -0.2) is 0 Å². The molecule has 118 valence electrons. The van der Waals surface area contributed by atoms with Gasteiger partial charge in [0, 0.05) is 19.2 Å². The summed E-state index contributed by atoms with van der Waals surface area (Å²) in [5.74, 6) is -0.628. The van der Waals surface area contributed by atoms with E-state index in [-0.39, 0.29) is 11.8 Å². The van der Waals surface area contributed by atoms with E-state index in [1.54, 1.807) is 0 Å². The molecule has 0 radical (unpaired) electrons. The van der Waals surface area contributed by atoms with Crippen LogP contribution in [0.25, 0.3) is 6.08 Å². The predicted molar refractivity (Wildman–Crippen MR) is 96.4 cm³/mol. The van der Waals surface area contributed by atoms with Crippen LogP contribution in [0.1, 0.15) is 19.4 Å². The molecular formula is C16H15N3O2S2. The van der Waals surface area contributed by atoms with E-state index in [9.17, 15) is 9.59 Å². The first-order valence-electron chi connectivity index (χ1n) is 7.15. The van der Waals surface area contributed by atoms with Crippen LogP contribution in [0.4, 0.5) is 5.69 Å². The molecule has 2 amide bonds. The largest absolute Gasteiger partial charge is 0.340 e. The second-order valence-electron chi connectivity index (χ2n) is 5.03. The average molecular weight is 345 g/mol. The number of nitrogens with one attached hydrogen (secondary N) is 1. The molecule has 1 saturated heterocycles. The number of nitrogens with zero attached hydrogens (tertiary/aromatic N) is 2. The van der Waals surface area contributed by atoms with Gasteiger partial charge in [-0.1, -0.05) is 36.0 Å². The van der Waals surface area contributed by atoms with Crippen molar-refractivity contribution < 1.29 is 9.59 Å². The van der Waals surface area contributed by atoms with Crippen molar-refractivity contribution in [3.63, 3.8) is 0 Å². The number of para-hydroxylation sites is 1. The molecule has 2 aliphatic rings. The number of hydrogen-bond donors (Lipinski definition) is 1. The number of carbonyl (C=O) groups is 2. The second-order valence-corrected chi connectivity index (χ2v) is 6.67. The lowest BCUT2D eigenvalue weighted by Gasteiger charge is -2.30. The smallest absolute Gasteiger partial charge is 0.287 e. The van der Waals surface area contributed by atoms with Gasteiger partial charge in [-0.3, -0.25) is 15.0 Å². The Morgan fingerprint density at radius 2 is 2.04 bits per heavy atom. The molecule has 0 bridgehead atoms. The number of amides is 2. The van der Waals surface area contributed by atoms with Gasteiger partial charge in [-0.15, -0.1) is 0 Å². The predicted octanol–water partition coefficient (Wildman–Crippen LogP) is 2.66. The Balaban J connectivity index is 2.04. The maximum atomic E-state index is 12.6. The quantitative estimate of drug-likeness (QED) is 0.660. The highest BCUT2D eigenvalue weighted by Crippen LogP contribution is 2.38. The number of carbonyl (C=O) groups excluding carboxylic acids is 2. The number of anilines is 1. The van der Waals surface area contributed by atoms with Crippen LogP contribution in [0.3, 0.4) is 0 Å². The van der Waals surface area contributed by atoms with Crippen molar-refractivity contribution in [1.82, 2.24) is 10.4 Å². The van der Waals surface area contributed by atoms with E-state index in [2.05, 4.69) is 10.3 Å². The standard InChI is InChI=1S/C16H15N3O2S2/c1-3-18-12-7-5-4-6-11(12)8-9-13(18)14-15(21)19(16(22)23-14)17-10(2)20/h4-9H,3H2,1-2H3,(H,17,20)/b14-13-. The van der Waals surface area contributed by atoms with E-state index in [0.29, 0.717) is 9.23 Å². The van der Waals surface area contributed by atoms with Gasteiger partial charge in [-0.2, -0.15) is 5.01 Å². The average Bonchev–Trinajstić information content (AvgIpc) is 2.81. The van der Waals surface area contributed by atoms with Crippen LogP contribution >= 0.6 is 24.0 Å². The molecule has 0 aromatic heterocycles. The minimum absolute atomic E-state index is 0.298. The molecule has 1 N–H and O–H groups in total. The van der Waals surface area contributed by atoms with Crippen LogP contribution in [0, 0.1) is 0 Å².